The Labute approximate surface area is 97.4 Å². The monoisotopic (exact) mass is 222 g/mol. The minimum atomic E-state index is 0.432. The van der Waals surface area contributed by atoms with E-state index < -0.39 is 0 Å². The maximum Gasteiger partial charge on any atom is 0.0945 e. The first-order valence-electron chi connectivity index (χ1n) is 6.08. The van der Waals surface area contributed by atoms with Crippen molar-refractivity contribution < 1.29 is 0 Å². The van der Waals surface area contributed by atoms with Crippen molar-refractivity contribution in [2.24, 2.45) is 12.8 Å². The second-order valence-electron chi connectivity index (χ2n) is 4.98. The van der Waals surface area contributed by atoms with Gasteiger partial charge in [0.2, 0.25) is 0 Å². The number of hydrogen-bond donors (Lipinski definition) is 1. The molecule has 1 aromatic heterocycles. The molecule has 1 saturated carbocycles. The molecule has 90 valence electrons. The number of rotatable bonds is 3. The summed E-state index contributed by atoms with van der Waals surface area (Å²) in [7, 11) is 4.25. The molecule has 0 spiro atoms. The summed E-state index contributed by atoms with van der Waals surface area (Å²) < 4.78 is 2.09. The number of aromatic nitrogens is 2. The second kappa shape index (κ2) is 4.97. The Balaban J connectivity index is 1.88. The first-order chi connectivity index (χ1) is 7.66. The fourth-order valence-corrected chi connectivity index (χ4v) is 2.46. The van der Waals surface area contributed by atoms with Gasteiger partial charge < -0.3 is 10.3 Å². The van der Waals surface area contributed by atoms with Crippen LogP contribution in [0.1, 0.15) is 31.4 Å². The van der Waals surface area contributed by atoms with Crippen molar-refractivity contribution in [3.8, 4) is 0 Å². The predicted molar refractivity (Wildman–Crippen MR) is 64.9 cm³/mol. The molecule has 0 bridgehead atoms. The van der Waals surface area contributed by atoms with E-state index in [9.17, 15) is 0 Å². The van der Waals surface area contributed by atoms with Crippen LogP contribution >= 0.6 is 0 Å². The van der Waals surface area contributed by atoms with Gasteiger partial charge in [0.15, 0.2) is 0 Å². The lowest BCUT2D eigenvalue weighted by Gasteiger charge is -2.33. The molecule has 4 heteroatoms. The molecular formula is C12H22N4. The van der Waals surface area contributed by atoms with E-state index in [1.165, 1.54) is 31.4 Å². The first kappa shape index (κ1) is 11.6. The second-order valence-corrected chi connectivity index (χ2v) is 4.98. The Bertz CT molecular complexity index is 326. The Morgan fingerprint density at radius 2 is 2.12 bits per heavy atom. The molecule has 0 unspecified atom stereocenters. The van der Waals surface area contributed by atoms with E-state index in [0.717, 1.165) is 6.54 Å². The molecule has 1 heterocycles. The minimum absolute atomic E-state index is 0.432. The van der Waals surface area contributed by atoms with Crippen molar-refractivity contribution in [3.63, 3.8) is 0 Å². The van der Waals surface area contributed by atoms with Gasteiger partial charge in [-0.1, -0.05) is 0 Å². The van der Waals surface area contributed by atoms with Crippen molar-refractivity contribution in [1.29, 1.82) is 0 Å². The number of nitrogens with two attached hydrogens (primary N) is 1. The van der Waals surface area contributed by atoms with E-state index >= 15 is 0 Å². The SMILES string of the molecule is CN(Cc1cncn1C)C1CCC(N)CC1. The smallest absolute Gasteiger partial charge is 0.0945 e. The molecule has 0 amide bonds. The molecule has 0 aliphatic heterocycles. The van der Waals surface area contributed by atoms with Crippen LogP contribution in [0.2, 0.25) is 0 Å². The van der Waals surface area contributed by atoms with Gasteiger partial charge in [0.1, 0.15) is 0 Å². The molecule has 0 aromatic carbocycles. The number of aryl methyl sites for hydroxylation is 1. The number of nitrogens with zero attached hydrogens (tertiary/aromatic N) is 3. The maximum absolute atomic E-state index is 5.92. The lowest BCUT2D eigenvalue weighted by molar-refractivity contribution is 0.173. The van der Waals surface area contributed by atoms with Crippen LogP contribution in [0.15, 0.2) is 12.5 Å². The molecule has 1 fully saturated rings. The largest absolute Gasteiger partial charge is 0.337 e. The molecule has 4 nitrogen and oxygen atoms in total. The van der Waals surface area contributed by atoms with E-state index in [2.05, 4.69) is 21.5 Å². The van der Waals surface area contributed by atoms with Crippen molar-refractivity contribution in [1.82, 2.24) is 14.5 Å². The third kappa shape index (κ3) is 2.62. The van der Waals surface area contributed by atoms with Crippen molar-refractivity contribution in [2.45, 2.75) is 44.3 Å². The highest BCUT2D eigenvalue weighted by atomic mass is 15.2. The van der Waals surface area contributed by atoms with Gasteiger partial charge in [-0.05, 0) is 32.7 Å². The number of hydrogen-bond acceptors (Lipinski definition) is 3. The summed E-state index contributed by atoms with van der Waals surface area (Å²) in [6.07, 6.45) is 8.61. The Kier molecular flexibility index (Phi) is 3.61. The van der Waals surface area contributed by atoms with Gasteiger partial charge in [-0.25, -0.2) is 4.98 Å². The van der Waals surface area contributed by atoms with Gasteiger partial charge in [-0.3, -0.25) is 4.90 Å². The maximum atomic E-state index is 5.92. The van der Waals surface area contributed by atoms with Crippen LogP contribution in [-0.2, 0) is 13.6 Å². The van der Waals surface area contributed by atoms with Crippen LogP contribution in [-0.4, -0.2) is 33.6 Å². The highest BCUT2D eigenvalue weighted by Gasteiger charge is 2.22. The Morgan fingerprint density at radius 1 is 1.44 bits per heavy atom. The van der Waals surface area contributed by atoms with Crippen molar-refractivity contribution >= 4 is 0 Å². The highest BCUT2D eigenvalue weighted by Crippen LogP contribution is 2.22. The van der Waals surface area contributed by atoms with Crippen LogP contribution in [0, 0.1) is 0 Å². The van der Waals surface area contributed by atoms with Crippen LogP contribution < -0.4 is 5.73 Å². The Morgan fingerprint density at radius 3 is 2.69 bits per heavy atom. The summed E-state index contributed by atoms with van der Waals surface area (Å²) in [5.74, 6) is 0. The molecule has 0 saturated heterocycles. The van der Waals surface area contributed by atoms with Crippen LogP contribution in [0.25, 0.3) is 0 Å². The van der Waals surface area contributed by atoms with E-state index in [1.54, 1.807) is 0 Å². The van der Waals surface area contributed by atoms with Crippen LogP contribution in [0.4, 0.5) is 0 Å². The third-order valence-corrected chi connectivity index (χ3v) is 3.69. The van der Waals surface area contributed by atoms with Gasteiger partial charge in [-0.15, -0.1) is 0 Å². The molecule has 1 aliphatic rings. The zero-order valence-corrected chi connectivity index (χ0v) is 10.3. The van der Waals surface area contributed by atoms with E-state index in [0.29, 0.717) is 12.1 Å². The van der Waals surface area contributed by atoms with Gasteiger partial charge in [0.25, 0.3) is 0 Å². The molecule has 16 heavy (non-hydrogen) atoms. The van der Waals surface area contributed by atoms with Crippen molar-refractivity contribution in [2.75, 3.05) is 7.05 Å². The lowest BCUT2D eigenvalue weighted by Crippen LogP contribution is -2.38. The average molecular weight is 222 g/mol. The summed E-state index contributed by atoms with van der Waals surface area (Å²) in [5.41, 5.74) is 7.20. The summed E-state index contributed by atoms with van der Waals surface area (Å²) in [5, 5.41) is 0. The summed E-state index contributed by atoms with van der Waals surface area (Å²) >= 11 is 0. The molecule has 1 aromatic rings. The molecule has 2 rings (SSSR count). The first-order valence-corrected chi connectivity index (χ1v) is 6.08. The van der Waals surface area contributed by atoms with Crippen molar-refractivity contribution in [3.05, 3.63) is 18.2 Å². The fourth-order valence-electron chi connectivity index (χ4n) is 2.46. The number of imidazole rings is 1. The zero-order valence-electron chi connectivity index (χ0n) is 10.3. The normalized spacial score (nSPS) is 26.2. The fraction of sp³-hybridized carbons (Fsp3) is 0.750. The van der Waals surface area contributed by atoms with Gasteiger partial charge in [-0.2, -0.15) is 0 Å². The predicted octanol–water partition coefficient (Wildman–Crippen LogP) is 1.12. The Hall–Kier alpha value is -0.870. The molecule has 0 radical (unpaired) electrons. The summed E-state index contributed by atoms with van der Waals surface area (Å²) in [6.45, 7) is 0.983. The average Bonchev–Trinajstić information content (AvgIpc) is 2.65. The van der Waals surface area contributed by atoms with Gasteiger partial charge >= 0.3 is 0 Å². The summed E-state index contributed by atoms with van der Waals surface area (Å²) in [6, 6.07) is 1.12. The van der Waals surface area contributed by atoms with Crippen LogP contribution in [0.5, 0.6) is 0 Å². The van der Waals surface area contributed by atoms with Crippen LogP contribution in [0.3, 0.4) is 0 Å². The third-order valence-electron chi connectivity index (χ3n) is 3.69. The minimum Gasteiger partial charge on any atom is -0.337 e. The highest BCUT2D eigenvalue weighted by molar-refractivity contribution is 4.97. The molecule has 2 N–H and O–H groups in total. The van der Waals surface area contributed by atoms with E-state index in [1.807, 2.05) is 19.6 Å². The van der Waals surface area contributed by atoms with Gasteiger partial charge in [0, 0.05) is 31.9 Å². The zero-order chi connectivity index (χ0) is 11.5. The quantitative estimate of drug-likeness (QED) is 0.833. The van der Waals surface area contributed by atoms with Gasteiger partial charge in [0.05, 0.1) is 12.0 Å². The standard InChI is InChI=1S/C12H22N4/c1-15(8-12-7-14-9-16(12)2)11-5-3-10(13)4-6-11/h7,9-11H,3-6,8,13H2,1-2H3. The summed E-state index contributed by atoms with van der Waals surface area (Å²) in [4.78, 5) is 6.58. The molecule has 0 atom stereocenters. The topological polar surface area (TPSA) is 47.1 Å². The molecular weight excluding hydrogens is 200 g/mol. The van der Waals surface area contributed by atoms with E-state index in [4.69, 9.17) is 5.73 Å². The van der Waals surface area contributed by atoms with E-state index in [-0.39, 0.29) is 0 Å². The molecule has 1 aliphatic carbocycles. The lowest BCUT2D eigenvalue weighted by atomic mass is 9.91.